The summed E-state index contributed by atoms with van der Waals surface area (Å²) in [4.78, 5) is 18.5. The lowest BCUT2D eigenvalue weighted by Crippen LogP contribution is -2.19. The lowest BCUT2D eigenvalue weighted by Gasteiger charge is -2.12. The van der Waals surface area contributed by atoms with Crippen LogP contribution in [0.15, 0.2) is 6.20 Å². The molecule has 1 aromatic rings. The number of hydrogen-bond acceptors (Lipinski definition) is 5. The van der Waals surface area contributed by atoms with Crippen LogP contribution in [-0.4, -0.2) is 29.2 Å². The van der Waals surface area contributed by atoms with Gasteiger partial charge >= 0.3 is 12.1 Å². The molecule has 0 radical (unpaired) electrons. The molecule has 0 unspecified atom stereocenters. The summed E-state index contributed by atoms with van der Waals surface area (Å²) < 4.78 is 48.3. The molecule has 0 spiro atoms. The van der Waals surface area contributed by atoms with Crippen molar-refractivity contribution >= 4 is 5.97 Å². The Labute approximate surface area is 114 Å². The van der Waals surface area contributed by atoms with Crippen molar-refractivity contribution in [3.63, 3.8) is 0 Å². The second-order valence-electron chi connectivity index (χ2n) is 3.82. The molecule has 0 aliphatic heterocycles. The maximum absolute atomic E-state index is 12.9. The quantitative estimate of drug-likeness (QED) is 0.595. The average Bonchev–Trinajstić information content (AvgIpc) is 2.38. The normalized spacial score (nSPS) is 11.4. The summed E-state index contributed by atoms with van der Waals surface area (Å²) in [7, 11) is 0. The molecule has 112 valence electrons. The van der Waals surface area contributed by atoms with Crippen molar-refractivity contribution in [2.45, 2.75) is 33.1 Å². The first-order valence-electron chi connectivity index (χ1n) is 6.08. The van der Waals surface area contributed by atoms with Gasteiger partial charge in [-0.25, -0.2) is 14.8 Å². The van der Waals surface area contributed by atoms with Crippen LogP contribution in [0.1, 0.15) is 42.1 Å². The first-order valence-corrected chi connectivity index (χ1v) is 6.08. The second-order valence-corrected chi connectivity index (χ2v) is 3.82. The van der Waals surface area contributed by atoms with Crippen LogP contribution in [0.25, 0.3) is 0 Å². The van der Waals surface area contributed by atoms with Gasteiger partial charge in [0.05, 0.1) is 6.61 Å². The van der Waals surface area contributed by atoms with E-state index in [9.17, 15) is 18.0 Å². The molecule has 0 atom stereocenters. The standard InChI is InChI=1S/C12H15F3N2O3/c1-3-5-19-7-9-16-6-8(11(18)20-4-2)10(17-9)12(13,14)15/h6H,3-5,7H2,1-2H3. The molecule has 0 amide bonds. The lowest BCUT2D eigenvalue weighted by atomic mass is 10.2. The summed E-state index contributed by atoms with van der Waals surface area (Å²) in [5, 5.41) is 0. The number of carbonyl (C=O) groups excluding carboxylic acids is 1. The molecule has 1 rings (SSSR count). The van der Waals surface area contributed by atoms with E-state index in [1.54, 1.807) is 0 Å². The van der Waals surface area contributed by atoms with Crippen LogP contribution in [0.4, 0.5) is 13.2 Å². The van der Waals surface area contributed by atoms with E-state index in [0.29, 0.717) is 6.61 Å². The summed E-state index contributed by atoms with van der Waals surface area (Å²) >= 11 is 0. The van der Waals surface area contributed by atoms with Crippen LogP contribution in [0.2, 0.25) is 0 Å². The summed E-state index contributed by atoms with van der Waals surface area (Å²) in [6, 6.07) is 0. The Morgan fingerprint density at radius 3 is 2.60 bits per heavy atom. The Hall–Kier alpha value is -1.70. The molecule has 0 aromatic carbocycles. The van der Waals surface area contributed by atoms with Gasteiger partial charge in [-0.2, -0.15) is 13.2 Å². The fraction of sp³-hybridized carbons (Fsp3) is 0.583. The summed E-state index contributed by atoms with van der Waals surface area (Å²) in [6.07, 6.45) is -3.21. The van der Waals surface area contributed by atoms with Gasteiger partial charge in [0.1, 0.15) is 12.2 Å². The monoisotopic (exact) mass is 292 g/mol. The minimum atomic E-state index is -4.76. The van der Waals surface area contributed by atoms with Crippen molar-refractivity contribution in [3.8, 4) is 0 Å². The second kappa shape index (κ2) is 7.18. The molecular weight excluding hydrogens is 277 g/mol. The van der Waals surface area contributed by atoms with Crippen molar-refractivity contribution < 1.29 is 27.4 Å². The molecule has 0 bridgehead atoms. The van der Waals surface area contributed by atoms with Gasteiger partial charge in [0.2, 0.25) is 0 Å². The Morgan fingerprint density at radius 1 is 1.35 bits per heavy atom. The fourth-order valence-electron chi connectivity index (χ4n) is 1.37. The molecule has 0 N–H and O–H groups in total. The third-order valence-corrected chi connectivity index (χ3v) is 2.18. The maximum atomic E-state index is 12.9. The van der Waals surface area contributed by atoms with Gasteiger partial charge in [0, 0.05) is 12.8 Å². The van der Waals surface area contributed by atoms with Crippen LogP contribution in [-0.2, 0) is 22.3 Å². The third-order valence-electron chi connectivity index (χ3n) is 2.18. The van der Waals surface area contributed by atoms with E-state index >= 15 is 0 Å². The molecule has 8 heteroatoms. The highest BCUT2D eigenvalue weighted by atomic mass is 19.4. The van der Waals surface area contributed by atoms with Crippen molar-refractivity contribution in [3.05, 3.63) is 23.3 Å². The highest BCUT2D eigenvalue weighted by molar-refractivity contribution is 5.90. The lowest BCUT2D eigenvalue weighted by molar-refractivity contribution is -0.142. The van der Waals surface area contributed by atoms with Crippen molar-refractivity contribution in [2.24, 2.45) is 0 Å². The van der Waals surface area contributed by atoms with E-state index in [1.165, 1.54) is 6.92 Å². The zero-order valence-electron chi connectivity index (χ0n) is 11.2. The first-order chi connectivity index (χ1) is 9.40. The molecule has 20 heavy (non-hydrogen) atoms. The van der Waals surface area contributed by atoms with E-state index < -0.39 is 23.4 Å². The van der Waals surface area contributed by atoms with E-state index in [0.717, 1.165) is 12.6 Å². The van der Waals surface area contributed by atoms with Gasteiger partial charge in [-0.15, -0.1) is 0 Å². The number of alkyl halides is 3. The van der Waals surface area contributed by atoms with Crippen LogP contribution < -0.4 is 0 Å². The zero-order valence-corrected chi connectivity index (χ0v) is 11.2. The predicted molar refractivity (Wildman–Crippen MR) is 62.9 cm³/mol. The number of rotatable bonds is 6. The first kappa shape index (κ1) is 16.4. The smallest absolute Gasteiger partial charge is 0.434 e. The number of aromatic nitrogens is 2. The molecule has 5 nitrogen and oxygen atoms in total. The van der Waals surface area contributed by atoms with Gasteiger partial charge in [0.15, 0.2) is 11.5 Å². The predicted octanol–water partition coefficient (Wildman–Crippen LogP) is 2.60. The Bertz CT molecular complexity index is 464. The number of ether oxygens (including phenoxy) is 2. The number of hydrogen-bond donors (Lipinski definition) is 0. The minimum Gasteiger partial charge on any atom is -0.462 e. The molecule has 0 saturated carbocycles. The summed E-state index contributed by atoms with van der Waals surface area (Å²) in [6.45, 7) is 3.59. The van der Waals surface area contributed by atoms with Gasteiger partial charge in [-0.1, -0.05) is 6.92 Å². The number of nitrogens with zero attached hydrogens (tertiary/aromatic N) is 2. The molecule has 0 aliphatic carbocycles. The van der Waals surface area contributed by atoms with E-state index in [-0.39, 0.29) is 19.0 Å². The van der Waals surface area contributed by atoms with E-state index in [1.807, 2.05) is 6.92 Å². The van der Waals surface area contributed by atoms with Gasteiger partial charge < -0.3 is 9.47 Å². The minimum absolute atomic E-state index is 0.0303. The third kappa shape index (κ3) is 4.44. The number of carbonyl (C=O) groups is 1. The number of esters is 1. The Kier molecular flexibility index (Phi) is 5.87. The highest BCUT2D eigenvalue weighted by Gasteiger charge is 2.38. The topological polar surface area (TPSA) is 61.3 Å². The van der Waals surface area contributed by atoms with Crippen molar-refractivity contribution in [1.29, 1.82) is 0 Å². The van der Waals surface area contributed by atoms with Gasteiger partial charge in [-0.05, 0) is 13.3 Å². The van der Waals surface area contributed by atoms with Crippen molar-refractivity contribution in [1.82, 2.24) is 9.97 Å². The summed E-state index contributed by atoms with van der Waals surface area (Å²) in [5.41, 5.74) is -2.00. The maximum Gasteiger partial charge on any atom is 0.434 e. The van der Waals surface area contributed by atoms with Crippen molar-refractivity contribution in [2.75, 3.05) is 13.2 Å². The van der Waals surface area contributed by atoms with Crippen LogP contribution in [0.5, 0.6) is 0 Å². The Morgan fingerprint density at radius 2 is 2.05 bits per heavy atom. The van der Waals surface area contributed by atoms with Crippen LogP contribution in [0.3, 0.4) is 0 Å². The summed E-state index contributed by atoms with van der Waals surface area (Å²) in [5.74, 6) is -1.22. The molecular formula is C12H15F3N2O3. The molecule has 1 heterocycles. The van der Waals surface area contributed by atoms with E-state index in [2.05, 4.69) is 14.7 Å². The largest absolute Gasteiger partial charge is 0.462 e. The number of halogens is 3. The molecule has 0 saturated heterocycles. The van der Waals surface area contributed by atoms with E-state index in [4.69, 9.17) is 4.74 Å². The molecule has 0 fully saturated rings. The van der Waals surface area contributed by atoms with Gasteiger partial charge in [0.25, 0.3) is 0 Å². The van der Waals surface area contributed by atoms with Crippen LogP contribution >= 0.6 is 0 Å². The fourth-order valence-corrected chi connectivity index (χ4v) is 1.37. The highest BCUT2D eigenvalue weighted by Crippen LogP contribution is 2.30. The zero-order chi connectivity index (χ0) is 15.2. The molecule has 0 aliphatic rings. The Balaban J connectivity index is 3.04. The SMILES string of the molecule is CCCOCc1ncc(C(=O)OCC)c(C(F)(F)F)n1. The van der Waals surface area contributed by atoms with Gasteiger partial charge in [-0.3, -0.25) is 0 Å². The average molecular weight is 292 g/mol. The molecule has 1 aromatic heterocycles. The van der Waals surface area contributed by atoms with Crippen LogP contribution in [0, 0.1) is 0 Å².